The zero-order valence-corrected chi connectivity index (χ0v) is 17.1. The molecular formula is C25H22N4O2. The Bertz CT molecular complexity index is 1290. The van der Waals surface area contributed by atoms with Gasteiger partial charge in [-0.15, -0.1) is 0 Å². The fourth-order valence-corrected chi connectivity index (χ4v) is 3.64. The van der Waals surface area contributed by atoms with Crippen LogP contribution in [0.1, 0.15) is 23.2 Å². The van der Waals surface area contributed by atoms with Crippen molar-refractivity contribution in [3.05, 3.63) is 78.4 Å². The Balaban J connectivity index is 1.31. The summed E-state index contributed by atoms with van der Waals surface area (Å²) in [4.78, 5) is 29.4. The molecule has 0 spiro atoms. The van der Waals surface area contributed by atoms with E-state index < -0.39 is 0 Å². The molecular weight excluding hydrogens is 388 g/mol. The molecule has 1 aromatic heterocycles. The van der Waals surface area contributed by atoms with Gasteiger partial charge in [-0.05, 0) is 67.4 Å². The number of carbonyl (C=O) groups excluding carboxylic acids is 2. The van der Waals surface area contributed by atoms with Crippen LogP contribution in [-0.4, -0.2) is 21.4 Å². The summed E-state index contributed by atoms with van der Waals surface area (Å²) in [6, 6.07) is 22.6. The third-order valence-corrected chi connectivity index (χ3v) is 5.53. The van der Waals surface area contributed by atoms with Crippen molar-refractivity contribution in [2.24, 2.45) is 13.0 Å². The van der Waals surface area contributed by atoms with E-state index >= 15 is 0 Å². The van der Waals surface area contributed by atoms with Crippen molar-refractivity contribution in [3.63, 3.8) is 0 Å². The van der Waals surface area contributed by atoms with Crippen LogP contribution in [0.5, 0.6) is 0 Å². The molecule has 154 valence electrons. The molecule has 1 aliphatic rings. The predicted octanol–water partition coefficient (Wildman–Crippen LogP) is 4.84. The minimum atomic E-state index is -0.224. The molecule has 0 radical (unpaired) electrons. The number of nitrogens with one attached hydrogen (secondary N) is 2. The number of hydrogen-bond acceptors (Lipinski definition) is 3. The highest BCUT2D eigenvalue weighted by Crippen LogP contribution is 2.30. The van der Waals surface area contributed by atoms with Gasteiger partial charge in [0.15, 0.2) is 0 Å². The van der Waals surface area contributed by atoms with Gasteiger partial charge in [0.25, 0.3) is 5.91 Å². The first-order valence-electron chi connectivity index (χ1n) is 10.3. The molecule has 2 N–H and O–H groups in total. The van der Waals surface area contributed by atoms with E-state index in [1.807, 2.05) is 55.6 Å². The Morgan fingerprint density at radius 1 is 0.903 bits per heavy atom. The fourth-order valence-electron chi connectivity index (χ4n) is 3.64. The molecule has 1 saturated carbocycles. The second-order valence-corrected chi connectivity index (χ2v) is 7.86. The van der Waals surface area contributed by atoms with E-state index in [4.69, 9.17) is 4.98 Å². The molecule has 0 atom stereocenters. The van der Waals surface area contributed by atoms with Crippen LogP contribution in [-0.2, 0) is 11.8 Å². The van der Waals surface area contributed by atoms with Gasteiger partial charge < -0.3 is 15.2 Å². The summed E-state index contributed by atoms with van der Waals surface area (Å²) >= 11 is 0. The van der Waals surface area contributed by atoms with Crippen LogP contribution in [0.4, 0.5) is 11.4 Å². The van der Waals surface area contributed by atoms with Gasteiger partial charge in [-0.3, -0.25) is 9.59 Å². The fraction of sp³-hybridized carbons (Fsp3) is 0.160. The van der Waals surface area contributed by atoms with Gasteiger partial charge in [0.05, 0.1) is 11.0 Å². The summed E-state index contributed by atoms with van der Waals surface area (Å²) in [5.74, 6) is 0.790. The largest absolute Gasteiger partial charge is 0.327 e. The lowest BCUT2D eigenvalue weighted by Crippen LogP contribution is -2.15. The van der Waals surface area contributed by atoms with E-state index in [0.717, 1.165) is 35.3 Å². The molecule has 31 heavy (non-hydrogen) atoms. The molecule has 6 nitrogen and oxygen atoms in total. The highest BCUT2D eigenvalue weighted by molar-refractivity contribution is 6.05. The summed E-state index contributed by atoms with van der Waals surface area (Å²) < 4.78 is 2.06. The monoisotopic (exact) mass is 410 g/mol. The van der Waals surface area contributed by atoms with Crippen LogP contribution in [0.15, 0.2) is 72.8 Å². The third-order valence-electron chi connectivity index (χ3n) is 5.53. The molecule has 5 rings (SSSR count). The van der Waals surface area contributed by atoms with Crippen molar-refractivity contribution in [2.45, 2.75) is 12.8 Å². The lowest BCUT2D eigenvalue weighted by atomic mass is 10.1. The first-order chi connectivity index (χ1) is 15.1. The topological polar surface area (TPSA) is 76.0 Å². The maximum absolute atomic E-state index is 12.7. The summed E-state index contributed by atoms with van der Waals surface area (Å²) in [7, 11) is 2.00. The number of aryl methyl sites for hydroxylation is 1. The van der Waals surface area contributed by atoms with Gasteiger partial charge in [0.1, 0.15) is 5.82 Å². The average molecular weight is 410 g/mol. The number of rotatable bonds is 5. The maximum atomic E-state index is 12.7. The lowest BCUT2D eigenvalue weighted by Gasteiger charge is -2.09. The van der Waals surface area contributed by atoms with Gasteiger partial charge in [-0.1, -0.05) is 18.2 Å². The average Bonchev–Trinajstić information content (AvgIpc) is 3.59. The molecule has 1 heterocycles. The first-order valence-corrected chi connectivity index (χ1v) is 10.3. The molecule has 4 aromatic rings. The molecule has 6 heteroatoms. The molecule has 3 aromatic carbocycles. The quantitative estimate of drug-likeness (QED) is 0.494. The number of nitrogens with zero attached hydrogens (tertiary/aromatic N) is 2. The molecule has 0 saturated heterocycles. The van der Waals surface area contributed by atoms with Crippen LogP contribution in [0, 0.1) is 5.92 Å². The van der Waals surface area contributed by atoms with Crippen LogP contribution in [0.2, 0.25) is 0 Å². The van der Waals surface area contributed by atoms with E-state index in [1.165, 1.54) is 0 Å². The molecule has 0 aliphatic heterocycles. The minimum absolute atomic E-state index is 0.0232. The Morgan fingerprint density at radius 2 is 1.68 bits per heavy atom. The number of fused-ring (bicyclic) bond motifs is 1. The van der Waals surface area contributed by atoms with Gasteiger partial charge >= 0.3 is 0 Å². The number of carbonyl (C=O) groups is 2. The van der Waals surface area contributed by atoms with E-state index in [-0.39, 0.29) is 17.7 Å². The SMILES string of the molecule is Cn1c(-c2ccc(NC(=O)c3cccc(NC(=O)C4CC4)c3)cc2)nc2ccccc21. The number of aromatic nitrogens is 2. The van der Waals surface area contributed by atoms with Crippen LogP contribution in [0.25, 0.3) is 22.4 Å². The third kappa shape index (κ3) is 3.92. The van der Waals surface area contributed by atoms with E-state index in [0.29, 0.717) is 16.9 Å². The molecule has 1 aliphatic carbocycles. The molecule has 0 bridgehead atoms. The lowest BCUT2D eigenvalue weighted by molar-refractivity contribution is -0.117. The van der Waals surface area contributed by atoms with Gasteiger partial charge in [0, 0.05) is 35.5 Å². The number of para-hydroxylation sites is 2. The van der Waals surface area contributed by atoms with Gasteiger partial charge in [-0.25, -0.2) is 4.98 Å². The van der Waals surface area contributed by atoms with Crippen LogP contribution < -0.4 is 10.6 Å². The Hall–Kier alpha value is -3.93. The number of amides is 2. The van der Waals surface area contributed by atoms with Crippen molar-refractivity contribution in [2.75, 3.05) is 10.6 Å². The van der Waals surface area contributed by atoms with Crippen molar-refractivity contribution < 1.29 is 9.59 Å². The van der Waals surface area contributed by atoms with Crippen LogP contribution in [0.3, 0.4) is 0 Å². The number of benzene rings is 3. The van der Waals surface area contributed by atoms with E-state index in [1.54, 1.807) is 24.3 Å². The van der Waals surface area contributed by atoms with Crippen molar-refractivity contribution in [1.29, 1.82) is 0 Å². The maximum Gasteiger partial charge on any atom is 0.255 e. The zero-order chi connectivity index (χ0) is 21.4. The second kappa shape index (κ2) is 7.72. The Labute approximate surface area is 179 Å². The summed E-state index contributed by atoms with van der Waals surface area (Å²) in [5.41, 5.74) is 4.82. The standard InChI is InChI=1S/C25H22N4O2/c1-29-22-8-3-2-7-21(22)28-23(29)16-11-13-19(14-12-16)26-25(31)18-5-4-6-20(15-18)27-24(30)17-9-10-17/h2-8,11-15,17H,9-10H2,1H3,(H,26,31)(H,27,30). The van der Waals surface area contributed by atoms with Crippen LogP contribution >= 0.6 is 0 Å². The number of anilines is 2. The Kier molecular flexibility index (Phi) is 4.75. The minimum Gasteiger partial charge on any atom is -0.327 e. The summed E-state index contributed by atoms with van der Waals surface area (Å²) in [6.45, 7) is 0. The second-order valence-electron chi connectivity index (χ2n) is 7.86. The van der Waals surface area contributed by atoms with Crippen molar-refractivity contribution in [3.8, 4) is 11.4 Å². The first kappa shape index (κ1) is 19.1. The highest BCUT2D eigenvalue weighted by Gasteiger charge is 2.29. The summed E-state index contributed by atoms with van der Waals surface area (Å²) in [6.07, 6.45) is 1.88. The highest BCUT2D eigenvalue weighted by atomic mass is 16.2. The Morgan fingerprint density at radius 3 is 2.42 bits per heavy atom. The predicted molar refractivity (Wildman–Crippen MR) is 122 cm³/mol. The van der Waals surface area contributed by atoms with Crippen molar-refractivity contribution in [1.82, 2.24) is 9.55 Å². The number of hydrogen-bond donors (Lipinski definition) is 2. The normalized spacial score (nSPS) is 13.2. The van der Waals surface area contributed by atoms with Gasteiger partial charge in [-0.2, -0.15) is 0 Å². The summed E-state index contributed by atoms with van der Waals surface area (Å²) in [5, 5.41) is 5.79. The molecule has 1 fully saturated rings. The molecule has 2 amide bonds. The smallest absolute Gasteiger partial charge is 0.255 e. The number of imidazole rings is 1. The van der Waals surface area contributed by atoms with E-state index in [9.17, 15) is 9.59 Å². The van der Waals surface area contributed by atoms with Gasteiger partial charge in [0.2, 0.25) is 5.91 Å². The molecule has 0 unspecified atom stereocenters. The zero-order valence-electron chi connectivity index (χ0n) is 17.1. The van der Waals surface area contributed by atoms with Crippen molar-refractivity contribution >= 4 is 34.2 Å². The van der Waals surface area contributed by atoms with E-state index in [2.05, 4.69) is 15.2 Å².